The lowest BCUT2D eigenvalue weighted by atomic mass is 9.65. The molecule has 0 spiro atoms. The second-order valence-corrected chi connectivity index (χ2v) is 30.0. The Hall–Kier alpha value is -3.60. The number of aromatic nitrogens is 4. The third-order valence-corrected chi connectivity index (χ3v) is 25.4. The predicted octanol–water partition coefficient (Wildman–Crippen LogP) is 23.3. The van der Waals surface area contributed by atoms with Crippen molar-refractivity contribution in [2.75, 3.05) is 36.0 Å². The molecule has 0 N–H and O–H groups in total. The van der Waals surface area contributed by atoms with Crippen LogP contribution in [-0.4, -0.2) is 43.7 Å². The van der Waals surface area contributed by atoms with Crippen LogP contribution in [0.5, 0.6) is 0 Å². The predicted molar refractivity (Wildman–Crippen MR) is 359 cm³/mol. The van der Waals surface area contributed by atoms with Crippen molar-refractivity contribution in [2.45, 2.75) is 176 Å². The van der Waals surface area contributed by atoms with Crippen molar-refractivity contribution in [3.05, 3.63) is 71.8 Å². The van der Waals surface area contributed by atoms with Crippen molar-refractivity contribution in [1.82, 2.24) is 17.5 Å². The first-order valence-electron chi connectivity index (χ1n) is 30.1. The zero-order valence-electron chi connectivity index (χ0n) is 47.9. The number of anilines is 2. The number of hydrogen-bond acceptors (Lipinski definition) is 14. The standard InChI is InChI=1S/C65H80N6S8/c1-9-17-23-41(15-7)39-65(40-42(16-8)24-18-10-2)47-33-49(43-25-27-45(61-59(43)66-78-68-61)51-35-53-55(72-51)37-57(74-53)70(29-19-11-3)30-20-12-4)76-63(47)64-48(65)34-50(77-64)44-26-28-46(62-60(44)67-79-69-62)52-36-54-56(73-52)38-58(75-54)71(31-21-13-5)32-22-14-6/h25-28,33-38,41-42H,9-24,29-32,39-40H2,1-8H3. The molecule has 0 saturated heterocycles. The van der Waals surface area contributed by atoms with Gasteiger partial charge in [0.05, 0.1) is 33.5 Å². The summed E-state index contributed by atoms with van der Waals surface area (Å²) in [6, 6.07) is 24.5. The Morgan fingerprint density at radius 2 is 0.722 bits per heavy atom. The Labute approximate surface area is 503 Å². The molecule has 2 unspecified atom stereocenters. The van der Waals surface area contributed by atoms with Crippen molar-refractivity contribution in [3.8, 4) is 51.5 Å². The van der Waals surface area contributed by atoms with E-state index in [2.05, 4.69) is 126 Å². The molecule has 10 aromatic rings. The summed E-state index contributed by atoms with van der Waals surface area (Å²) in [7, 11) is 0. The molecule has 0 radical (unpaired) electrons. The second kappa shape index (κ2) is 25.9. The molecule has 0 aliphatic heterocycles. The summed E-state index contributed by atoms with van der Waals surface area (Å²) in [6.07, 6.45) is 22.3. The van der Waals surface area contributed by atoms with Gasteiger partial charge < -0.3 is 9.80 Å². The van der Waals surface area contributed by atoms with Crippen LogP contribution in [0.1, 0.15) is 182 Å². The molecule has 0 saturated carbocycles. The molecule has 8 aromatic heterocycles. The number of unbranched alkanes of at least 4 members (excludes halogenated alkanes) is 6. The van der Waals surface area contributed by atoms with E-state index >= 15 is 0 Å². The summed E-state index contributed by atoms with van der Waals surface area (Å²) in [5, 5.41) is 2.83. The Morgan fingerprint density at radius 3 is 1.04 bits per heavy atom. The first kappa shape index (κ1) is 57.2. The molecule has 418 valence electrons. The molecule has 14 heteroatoms. The summed E-state index contributed by atoms with van der Waals surface area (Å²) in [5.74, 6) is 1.30. The van der Waals surface area contributed by atoms with Crippen LogP contribution in [0.15, 0.2) is 60.7 Å². The van der Waals surface area contributed by atoms with E-state index in [4.69, 9.17) is 17.5 Å². The molecule has 0 bridgehead atoms. The van der Waals surface area contributed by atoms with Crippen molar-refractivity contribution >= 4 is 142 Å². The van der Waals surface area contributed by atoms with E-state index in [1.807, 2.05) is 68.0 Å². The first-order chi connectivity index (χ1) is 38.8. The highest BCUT2D eigenvalue weighted by Crippen LogP contribution is 2.63. The lowest BCUT2D eigenvalue weighted by Gasteiger charge is -2.37. The Morgan fingerprint density at radius 1 is 0.392 bits per heavy atom. The largest absolute Gasteiger partial charge is 0.363 e. The van der Waals surface area contributed by atoms with Gasteiger partial charge in [-0.15, -0.1) is 68.0 Å². The molecule has 1 aliphatic rings. The average molecular weight is 1200 g/mol. The summed E-state index contributed by atoms with van der Waals surface area (Å²) in [6.45, 7) is 23.4. The Kier molecular flexibility index (Phi) is 18.8. The van der Waals surface area contributed by atoms with Gasteiger partial charge >= 0.3 is 0 Å². The van der Waals surface area contributed by atoms with Gasteiger partial charge in [-0.05, 0) is 97.9 Å². The summed E-state index contributed by atoms with van der Waals surface area (Å²) in [4.78, 5) is 13.4. The third-order valence-electron chi connectivity index (χ3n) is 17.1. The van der Waals surface area contributed by atoms with E-state index in [1.54, 1.807) is 11.1 Å². The fourth-order valence-corrected chi connectivity index (χ4v) is 21.3. The van der Waals surface area contributed by atoms with Crippen molar-refractivity contribution < 1.29 is 0 Å². The van der Waals surface area contributed by atoms with E-state index < -0.39 is 0 Å². The van der Waals surface area contributed by atoms with E-state index in [0.29, 0.717) is 11.8 Å². The summed E-state index contributed by atoms with van der Waals surface area (Å²) >= 11 is 14.5. The number of hydrogen-bond donors (Lipinski definition) is 0. The second-order valence-electron chi connectivity index (χ2n) is 22.5. The zero-order valence-corrected chi connectivity index (χ0v) is 54.5. The molecule has 8 heterocycles. The van der Waals surface area contributed by atoms with Gasteiger partial charge in [0, 0.05) is 102 Å². The first-order valence-corrected chi connectivity index (χ1v) is 36.5. The molecule has 6 nitrogen and oxygen atoms in total. The van der Waals surface area contributed by atoms with Gasteiger partial charge in [0.15, 0.2) is 0 Å². The minimum absolute atomic E-state index is 0.0791. The van der Waals surface area contributed by atoms with E-state index in [9.17, 15) is 0 Å². The van der Waals surface area contributed by atoms with Crippen LogP contribution in [0.4, 0.5) is 10.0 Å². The molecule has 1 aliphatic carbocycles. The van der Waals surface area contributed by atoms with Crippen LogP contribution in [0.2, 0.25) is 0 Å². The normalized spacial score (nSPS) is 13.9. The average Bonchev–Trinajstić information content (AvgIpc) is 4.51. The minimum Gasteiger partial charge on any atom is -0.363 e. The van der Waals surface area contributed by atoms with Gasteiger partial charge in [0.25, 0.3) is 0 Å². The topological polar surface area (TPSA) is 58.0 Å². The van der Waals surface area contributed by atoms with Gasteiger partial charge in [-0.25, -0.2) is 0 Å². The van der Waals surface area contributed by atoms with E-state index in [1.165, 1.54) is 219 Å². The lowest BCUT2D eigenvalue weighted by molar-refractivity contribution is 0.266. The number of rotatable bonds is 30. The molecule has 79 heavy (non-hydrogen) atoms. The molecule has 2 atom stereocenters. The van der Waals surface area contributed by atoms with Gasteiger partial charge in [-0.2, -0.15) is 17.5 Å². The van der Waals surface area contributed by atoms with Crippen molar-refractivity contribution in [1.29, 1.82) is 0 Å². The summed E-state index contributed by atoms with van der Waals surface area (Å²) in [5.41, 5.74) is 12.1. The maximum absolute atomic E-state index is 5.13. The van der Waals surface area contributed by atoms with E-state index in [-0.39, 0.29) is 5.41 Å². The molecule has 11 rings (SSSR count). The van der Waals surface area contributed by atoms with Crippen LogP contribution in [0.3, 0.4) is 0 Å². The van der Waals surface area contributed by atoms with Crippen LogP contribution < -0.4 is 9.80 Å². The highest BCUT2D eigenvalue weighted by molar-refractivity contribution is 7.32. The number of thiophene rings is 6. The van der Waals surface area contributed by atoms with Crippen LogP contribution in [-0.2, 0) is 5.41 Å². The van der Waals surface area contributed by atoms with Gasteiger partial charge in [0.2, 0.25) is 0 Å². The molecular formula is C65H80N6S8. The molecule has 0 fully saturated rings. The van der Waals surface area contributed by atoms with Gasteiger partial charge in [-0.3, -0.25) is 0 Å². The van der Waals surface area contributed by atoms with Crippen LogP contribution in [0.25, 0.3) is 92.4 Å². The quantitative estimate of drug-likeness (QED) is 0.0447. The monoisotopic (exact) mass is 1200 g/mol. The zero-order chi connectivity index (χ0) is 54.6. The third kappa shape index (κ3) is 11.5. The number of fused-ring (bicyclic) bond motifs is 7. The van der Waals surface area contributed by atoms with E-state index in [0.717, 1.165) is 48.2 Å². The fourth-order valence-electron chi connectivity index (χ4n) is 12.4. The summed E-state index contributed by atoms with van der Waals surface area (Å²) < 4.78 is 26.0. The molecular weight excluding hydrogens is 1120 g/mol. The number of nitrogens with zero attached hydrogens (tertiary/aromatic N) is 6. The fraction of sp³-hybridized carbons (Fsp3) is 0.508. The SMILES string of the molecule is CCCCC(CC)CC1(CC(CC)CCCC)c2cc(-c3ccc(-c4cc5sc(N(CCCC)CCCC)cc5s4)c4nsnc34)sc2-c2sc(-c3ccc(-c4cc5sc(N(CCCC)CCCC)cc5s4)c4nsnc34)cc21. The van der Waals surface area contributed by atoms with Crippen LogP contribution >= 0.6 is 91.5 Å². The smallest absolute Gasteiger partial charge is 0.114 e. The Bertz CT molecular complexity index is 3300. The van der Waals surface area contributed by atoms with Gasteiger partial charge in [-0.1, -0.05) is 157 Å². The molecule has 0 amide bonds. The molecule has 2 aromatic carbocycles. The van der Waals surface area contributed by atoms with Crippen molar-refractivity contribution in [2.24, 2.45) is 11.8 Å². The number of benzene rings is 2. The highest BCUT2D eigenvalue weighted by Gasteiger charge is 2.48. The Balaban J connectivity index is 0.986. The highest BCUT2D eigenvalue weighted by atomic mass is 32.1. The minimum atomic E-state index is -0.0791. The maximum Gasteiger partial charge on any atom is 0.114 e. The lowest BCUT2D eigenvalue weighted by Crippen LogP contribution is -2.31. The van der Waals surface area contributed by atoms with Gasteiger partial charge in [0.1, 0.15) is 22.1 Å². The maximum atomic E-state index is 5.13. The van der Waals surface area contributed by atoms with Crippen LogP contribution in [0, 0.1) is 11.8 Å². The van der Waals surface area contributed by atoms with Crippen molar-refractivity contribution in [3.63, 3.8) is 0 Å².